The fourth-order valence-electron chi connectivity index (χ4n) is 17.6. The van der Waals surface area contributed by atoms with E-state index in [0.717, 1.165) is 16.5 Å². The van der Waals surface area contributed by atoms with E-state index in [-0.39, 0.29) is 176 Å². The van der Waals surface area contributed by atoms with Crippen molar-refractivity contribution in [1.29, 1.82) is 0 Å². The van der Waals surface area contributed by atoms with Gasteiger partial charge in [-0.3, -0.25) is 50.0 Å². The van der Waals surface area contributed by atoms with E-state index >= 15 is 0 Å². The number of phenolic OH excluding ortho intramolecular Hbond substituents is 1. The molecule has 46 heteroatoms. The highest BCUT2D eigenvalue weighted by Gasteiger charge is 2.53. The van der Waals surface area contributed by atoms with Gasteiger partial charge in [-0.25, -0.2) is 53.3 Å². The first kappa shape index (κ1) is 103. The van der Waals surface area contributed by atoms with Crippen molar-refractivity contribution in [3.8, 4) is 51.4 Å². The highest BCUT2D eigenvalue weighted by atomic mass is 35.5. The van der Waals surface area contributed by atoms with Gasteiger partial charge in [-0.05, 0) is 122 Å². The molecule has 0 saturated carbocycles. The molecule has 13 aromatic rings. The lowest BCUT2D eigenvalue weighted by Gasteiger charge is -2.35. The minimum Gasteiger partial charge on any atom is -0.508 e. The number of halogens is 3. The molecule has 0 spiro atoms. The van der Waals surface area contributed by atoms with Crippen LogP contribution in [0.3, 0.4) is 0 Å². The molecule has 756 valence electrons. The van der Waals surface area contributed by atoms with Crippen LogP contribution < -0.4 is 36.8 Å². The summed E-state index contributed by atoms with van der Waals surface area (Å²) in [5.74, 6) is -2.41. The predicted octanol–water partition coefficient (Wildman–Crippen LogP) is 16.0. The van der Waals surface area contributed by atoms with Crippen LogP contribution in [0.15, 0.2) is 190 Å². The van der Waals surface area contributed by atoms with Gasteiger partial charge < -0.3 is 86.2 Å². The number of hydrogen-bond acceptors (Lipinski definition) is 34. The van der Waals surface area contributed by atoms with Crippen molar-refractivity contribution in [2.24, 2.45) is 0 Å². The molecule has 146 heavy (non-hydrogen) atoms. The molecule has 6 aliphatic rings. The van der Waals surface area contributed by atoms with Crippen LogP contribution >= 0.6 is 53.3 Å². The molecular formula is C100H89Cl3N10O31P2. The van der Waals surface area contributed by atoms with Gasteiger partial charge in [-0.1, -0.05) is 88.1 Å². The fraction of sp³-hybridized carbons (Fsp3) is 0.250. The van der Waals surface area contributed by atoms with Gasteiger partial charge in [0.25, 0.3) is 28.1 Å². The van der Waals surface area contributed by atoms with E-state index < -0.39 is 90.9 Å². The van der Waals surface area contributed by atoms with E-state index in [2.05, 4.69) is 39.1 Å². The van der Waals surface area contributed by atoms with E-state index in [0.29, 0.717) is 114 Å². The van der Waals surface area contributed by atoms with Crippen molar-refractivity contribution in [3.63, 3.8) is 0 Å². The molecule has 2 amide bonds. The lowest BCUT2D eigenvalue weighted by molar-refractivity contribution is -0.386. The third-order valence-corrected chi connectivity index (χ3v) is 24.5. The number of amides is 2. The summed E-state index contributed by atoms with van der Waals surface area (Å²) in [6.07, 6.45) is -2.59. The van der Waals surface area contributed by atoms with Crippen LogP contribution in [0.4, 0.5) is 46.7 Å². The van der Waals surface area contributed by atoms with Crippen molar-refractivity contribution >= 4 is 162 Å². The molecule has 0 bridgehead atoms. The van der Waals surface area contributed by atoms with Gasteiger partial charge in [0.05, 0.1) is 139 Å². The zero-order chi connectivity index (χ0) is 107. The Labute approximate surface area is 848 Å². The van der Waals surface area contributed by atoms with Gasteiger partial charge in [0, 0.05) is 129 Å². The number of aromatic hydroxyl groups is 1. The summed E-state index contributed by atoms with van der Waals surface area (Å²) < 4.78 is 74.8. The number of hydrogen-bond donors (Lipinski definition) is 6. The fourth-order valence-corrected chi connectivity index (χ4v) is 17.8. The van der Waals surface area contributed by atoms with Gasteiger partial charge in [-0.2, -0.15) is 0 Å². The maximum absolute atomic E-state index is 13.7. The van der Waals surface area contributed by atoms with Crippen molar-refractivity contribution < 1.29 is 128 Å². The van der Waals surface area contributed by atoms with E-state index in [1.54, 1.807) is 141 Å². The summed E-state index contributed by atoms with van der Waals surface area (Å²) in [5.41, 5.74) is 2.15. The molecule has 0 radical (unpaired) electrons. The maximum atomic E-state index is 13.7. The number of benzene rings is 7. The Morgan fingerprint density at radius 2 is 0.884 bits per heavy atom. The van der Waals surface area contributed by atoms with Crippen LogP contribution in [0.2, 0.25) is 0 Å². The smallest absolute Gasteiger partial charge is 0.508 e. The number of aliphatic hydroxyl groups is 3. The first-order valence-electron chi connectivity index (χ1n) is 45.5. The van der Waals surface area contributed by atoms with Crippen molar-refractivity contribution in [2.75, 3.05) is 30.0 Å². The number of carbonyl (C=O) groups excluding carboxylic acids is 9. The second kappa shape index (κ2) is 45.6. The molecule has 6 atom stereocenters. The Balaban J connectivity index is 0.000000162. The number of rotatable bonds is 21. The van der Waals surface area contributed by atoms with Crippen LogP contribution in [-0.4, -0.2) is 131 Å². The normalized spacial score (nSPS) is 16.0. The molecule has 7 aromatic carbocycles. The number of nitrogens with zero attached hydrogens (tertiary/aromatic N) is 8. The van der Waals surface area contributed by atoms with Crippen LogP contribution in [0.1, 0.15) is 133 Å². The Bertz CT molecular complexity index is 7750. The topological polar surface area (TPSA) is 551 Å². The number of fused-ring (bicyclic) bond motifs is 15. The molecule has 0 saturated heterocycles. The number of ether oxygens (including phenoxy) is 11. The number of alkyl halides is 1. The number of pyridine rings is 6. The molecule has 6 aromatic heterocycles. The van der Waals surface area contributed by atoms with Gasteiger partial charge in [0.15, 0.2) is 5.60 Å². The second-order valence-corrected chi connectivity index (χ2v) is 34.3. The number of nitrogens with one attached hydrogen (secondary N) is 2. The Morgan fingerprint density at radius 1 is 0.507 bits per heavy atom. The molecule has 41 nitrogen and oxygen atoms in total. The summed E-state index contributed by atoms with van der Waals surface area (Å²) in [5, 5.41) is 68.6. The molecule has 0 aliphatic carbocycles. The number of anilines is 2. The van der Waals surface area contributed by atoms with E-state index in [9.17, 15) is 98.2 Å². The van der Waals surface area contributed by atoms with Gasteiger partial charge in [0.1, 0.15) is 56.9 Å². The number of phenols is 1. The molecule has 0 fully saturated rings. The number of para-hydroxylation sites is 4. The first-order chi connectivity index (χ1) is 70.8. The van der Waals surface area contributed by atoms with Crippen LogP contribution in [0.5, 0.6) is 17.2 Å². The predicted molar refractivity (Wildman–Crippen MR) is 533 cm³/mol. The summed E-state index contributed by atoms with van der Waals surface area (Å²) in [7, 11) is 5.81. The Kier molecular flexibility index (Phi) is 32.2. The highest BCUT2D eigenvalue weighted by Crippen LogP contribution is 2.46. The van der Waals surface area contributed by atoms with Gasteiger partial charge in [-0.15, -0.1) is 30.1 Å². The van der Waals surface area contributed by atoms with Crippen LogP contribution in [-0.2, 0) is 158 Å². The third kappa shape index (κ3) is 21.8. The van der Waals surface area contributed by atoms with E-state index in [1.807, 2.05) is 18.2 Å². The minimum absolute atomic E-state index is 0.0280. The van der Waals surface area contributed by atoms with Gasteiger partial charge in [0.2, 0.25) is 11.2 Å². The number of cyclic esters (lactones) is 3. The molecule has 6 aliphatic heterocycles. The number of aromatic nitrogens is 6. The number of aliphatic hydroxyl groups excluding tert-OH is 2. The zero-order valence-corrected chi connectivity index (χ0v) is 82.4. The zero-order valence-electron chi connectivity index (χ0n) is 79.8. The standard InChI is InChI=1S/C40H34N4O13.C22H14Cl2N2O7.C20H16N2O5.C16H16N2O6.CH4ClP.CH5P/c1-4-40(57-22(2)45)30-16-33-35-27(17-43(33)36(46)29(30)21-53-37(40)47)14-26-15-28(12-13-31(26)41-35)56-39(49)55-20-25-10-7-9-24(18-52-3)34(25)42-38(48)54-19-23-8-5-6-11-32(23)44(50)51;1-2-22(33-21(24)30)14-7-16-17-11(8-26(16)18(27)13(14)9-31-19(22)28)5-10-6-12(32-20(23)29)3-4-15(10)25-17;1-2-20(26)14-7-16-17-11(5-10-6-12(23)3-4-15(10)21-17)8-22(16)18(24)13(14)9-27-19(20)25;19-8-11-5-3-6-12(9-20)15(11)17-16(21)24-10-13-4-1-2-7-14(13)18(22)23;2-1-3;1-2/h5-16H,4,17-21H2,1-3H3,(H,42,48);3-7H,2,8-9H2,1H3;3-7,23,26H,2,8-9H2,1H3;1-7,19-20H,8-10H2,(H,17,21);1,3H2;2H2,1H3/t40-;22-;20-;;;/m000.../s1/i;;;;2*1T. The minimum atomic E-state index is -1.83. The number of nitro benzene ring substituents is 2. The third-order valence-electron chi connectivity index (χ3n) is 24.4. The molecular weight excluding hydrogens is 2010 g/mol. The SMILES string of the molecule is CC[C@@]1(O)C(=O)OCc2c1cc1n(c2=O)Cc2cc3cc(O)ccc3nc2-1.CC[C@@]1(OC(=O)Cl)C(=O)OCc2c1cc1n(c2=O)Cc2cc3cc(OC(=O)Cl)ccc3nc2-1.CC[C@@]1(OC(C)=O)C(=O)OCc2c1cc1n(c2=O)Cc2cc3cc(OC(=O)OCc4cccc(COC)c4NC(=O)OCc4ccccc4[N+](=O)[O-])ccc3nc2-1.O=C(Nc1c(CO)cccc1CO)OCc1ccccc1[N+](=O)[O-].[3H]C(P)Cl.[3H]CP. The first-order valence-corrected chi connectivity index (χ1v) is 46.9. The monoisotopic (exact) mass is 2100 g/mol. The number of methoxy groups -OCH3 is 1. The van der Waals surface area contributed by atoms with Crippen molar-refractivity contribution in [2.45, 2.75) is 143 Å². The second-order valence-electron chi connectivity index (χ2n) is 32.7. The van der Waals surface area contributed by atoms with Crippen LogP contribution in [0.25, 0.3) is 66.9 Å². The Morgan fingerprint density at radius 3 is 1.29 bits per heavy atom. The summed E-state index contributed by atoms with van der Waals surface area (Å²) in [6.45, 7) is 5.17. The number of nitro groups is 2. The highest BCUT2D eigenvalue weighted by molar-refractivity contribution is 7.19. The molecule has 6 N–H and O–H groups in total. The summed E-state index contributed by atoms with van der Waals surface area (Å²) >= 11 is 15.6. The average molecular weight is 2100 g/mol. The number of carbonyl (C=O) groups is 9. The van der Waals surface area contributed by atoms with Crippen LogP contribution in [0, 0.1) is 20.2 Å². The van der Waals surface area contributed by atoms with E-state index in [1.165, 1.54) is 65.6 Å². The lowest BCUT2D eigenvalue weighted by atomic mass is 9.85. The average Bonchev–Trinajstić information content (AvgIpc) is 1.57. The van der Waals surface area contributed by atoms with E-state index in [4.69, 9.17) is 94.6 Å². The largest absolute Gasteiger partial charge is 0.514 e. The molecule has 3 unspecified atom stereocenters. The molecule has 19 rings (SSSR count). The summed E-state index contributed by atoms with van der Waals surface area (Å²) in [6, 6.07) is 46.7. The Hall–Kier alpha value is -15.6. The quantitative estimate of drug-likeness (QED) is 0.00568. The van der Waals surface area contributed by atoms with Gasteiger partial charge >= 0.3 is 53.1 Å². The summed E-state index contributed by atoms with van der Waals surface area (Å²) in [4.78, 5) is 185. The lowest BCUT2D eigenvalue weighted by Crippen LogP contribution is -2.47. The number of esters is 4. The maximum Gasteiger partial charge on any atom is 0.514 e. The van der Waals surface area contributed by atoms with Crippen molar-refractivity contribution in [1.82, 2.24) is 28.7 Å². The molecule has 12 heterocycles. The van der Waals surface area contributed by atoms with Crippen molar-refractivity contribution in [3.05, 3.63) is 311 Å².